The third-order valence-electron chi connectivity index (χ3n) is 3.17. The number of methoxy groups -OCH3 is 1. The Morgan fingerprint density at radius 3 is 2.90 bits per heavy atom. The van der Waals surface area contributed by atoms with Crippen molar-refractivity contribution in [3.05, 3.63) is 55.9 Å². The first-order chi connectivity index (χ1) is 10.0. The van der Waals surface area contributed by atoms with E-state index in [9.17, 15) is 9.18 Å². The van der Waals surface area contributed by atoms with E-state index in [0.29, 0.717) is 26.2 Å². The Morgan fingerprint density at radius 2 is 2.29 bits per heavy atom. The highest BCUT2D eigenvalue weighted by Gasteiger charge is 2.34. The lowest BCUT2D eigenvalue weighted by atomic mass is 9.91. The molecule has 1 aromatic rings. The van der Waals surface area contributed by atoms with E-state index in [1.54, 1.807) is 19.1 Å². The summed E-state index contributed by atoms with van der Waals surface area (Å²) in [5.74, 6) is -0.869. The molecular weight excluding hydrogens is 313 g/mol. The molecule has 0 N–H and O–H groups in total. The maximum atomic E-state index is 14.2. The fourth-order valence-electron chi connectivity index (χ4n) is 2.34. The number of ketones is 1. The van der Waals surface area contributed by atoms with Crippen LogP contribution in [-0.2, 0) is 4.74 Å². The van der Waals surface area contributed by atoms with Crippen LogP contribution in [0.15, 0.2) is 45.6 Å². The molecule has 0 saturated carbocycles. The van der Waals surface area contributed by atoms with Crippen LogP contribution in [0.3, 0.4) is 0 Å². The molecule has 0 amide bonds. The number of hydrogen-bond acceptors (Lipinski definition) is 4. The molecule has 1 aliphatic heterocycles. The second-order valence-electron chi connectivity index (χ2n) is 4.57. The lowest BCUT2D eigenvalue weighted by Crippen LogP contribution is -2.18. The van der Waals surface area contributed by atoms with Gasteiger partial charge in [0.2, 0.25) is 5.78 Å². The van der Waals surface area contributed by atoms with Crippen LogP contribution in [0.1, 0.15) is 23.0 Å². The van der Waals surface area contributed by atoms with E-state index < -0.39 is 5.83 Å². The number of hydrogen-bond donors (Lipinski definition) is 0. The largest absolute Gasteiger partial charge is 0.493 e. The molecule has 0 atom stereocenters. The summed E-state index contributed by atoms with van der Waals surface area (Å²) in [5.41, 5.74) is 1.81. The number of carbonyl (C=O) groups excluding carboxylic acids is 1. The molecule has 0 saturated heterocycles. The van der Waals surface area contributed by atoms with Crippen molar-refractivity contribution in [2.24, 2.45) is 4.99 Å². The molecule has 21 heavy (non-hydrogen) atoms. The van der Waals surface area contributed by atoms with E-state index in [-0.39, 0.29) is 23.5 Å². The van der Waals surface area contributed by atoms with Crippen LogP contribution in [0.25, 0.3) is 0 Å². The van der Waals surface area contributed by atoms with E-state index in [1.165, 1.54) is 7.11 Å². The summed E-state index contributed by atoms with van der Waals surface area (Å²) in [7, 11) is 1.35. The van der Waals surface area contributed by atoms with Crippen LogP contribution in [0.4, 0.5) is 4.39 Å². The van der Waals surface area contributed by atoms with Gasteiger partial charge in [0.15, 0.2) is 5.76 Å². The third kappa shape index (κ3) is 2.36. The van der Waals surface area contributed by atoms with Gasteiger partial charge in [0, 0.05) is 23.8 Å². The number of thiophene rings is 1. The number of rotatable bonds is 3. The lowest BCUT2D eigenvalue weighted by molar-refractivity contribution is 0.102. The number of ether oxygens (including phenoxy) is 1. The fourth-order valence-corrected chi connectivity index (χ4v) is 3.33. The molecule has 0 bridgehead atoms. The highest BCUT2D eigenvalue weighted by Crippen LogP contribution is 2.37. The van der Waals surface area contributed by atoms with Crippen molar-refractivity contribution in [3.63, 3.8) is 0 Å². The zero-order chi connectivity index (χ0) is 15.1. The molecule has 1 radical (unpaired) electrons. The van der Waals surface area contributed by atoms with Crippen molar-refractivity contribution < 1.29 is 13.9 Å². The summed E-state index contributed by atoms with van der Waals surface area (Å²) in [6.45, 7) is 1.76. The number of fused-ring (bicyclic) bond motifs is 1. The Labute approximate surface area is 130 Å². The van der Waals surface area contributed by atoms with E-state index in [0.717, 1.165) is 11.3 Å². The van der Waals surface area contributed by atoms with Gasteiger partial charge in [-0.1, -0.05) is 11.6 Å². The summed E-state index contributed by atoms with van der Waals surface area (Å²) in [4.78, 5) is 17.3. The normalized spacial score (nSPS) is 17.7. The van der Waals surface area contributed by atoms with Crippen molar-refractivity contribution in [1.82, 2.24) is 0 Å². The van der Waals surface area contributed by atoms with Gasteiger partial charge in [-0.05, 0) is 19.1 Å². The van der Waals surface area contributed by atoms with Crippen molar-refractivity contribution >= 4 is 34.4 Å². The van der Waals surface area contributed by atoms with Crippen molar-refractivity contribution in [2.45, 2.75) is 13.3 Å². The predicted molar refractivity (Wildman–Crippen MR) is 80.3 cm³/mol. The van der Waals surface area contributed by atoms with E-state index >= 15 is 0 Å². The van der Waals surface area contributed by atoms with Crippen LogP contribution >= 0.6 is 22.9 Å². The molecule has 1 aromatic heterocycles. The highest BCUT2D eigenvalue weighted by molar-refractivity contribution is 7.18. The topological polar surface area (TPSA) is 38.7 Å². The van der Waals surface area contributed by atoms with Gasteiger partial charge in [-0.3, -0.25) is 9.79 Å². The summed E-state index contributed by atoms with van der Waals surface area (Å²) in [6.07, 6.45) is 3.03. The van der Waals surface area contributed by atoms with Crippen molar-refractivity contribution in [3.8, 4) is 0 Å². The minimum absolute atomic E-state index is 0.0187. The number of aliphatic imine (C=N–C) groups is 1. The summed E-state index contributed by atoms with van der Waals surface area (Å²) in [5, 5.41) is 0. The quantitative estimate of drug-likeness (QED) is 0.779. The number of Topliss-reactive ketones (excluding diaryl/α,β-unsaturated/α-hetero) is 1. The Kier molecular flexibility index (Phi) is 3.55. The van der Waals surface area contributed by atoms with Crippen LogP contribution in [0.2, 0.25) is 4.34 Å². The Balaban J connectivity index is 2.17. The molecule has 3 rings (SSSR count). The molecule has 0 spiro atoms. The van der Waals surface area contributed by atoms with Crippen LogP contribution < -0.4 is 0 Å². The molecule has 2 heterocycles. The predicted octanol–water partition coefficient (Wildman–Crippen LogP) is 4.27. The van der Waals surface area contributed by atoms with Gasteiger partial charge in [0.25, 0.3) is 0 Å². The number of nitrogens with zero attached hydrogens (tertiary/aromatic N) is 1. The van der Waals surface area contributed by atoms with Crippen LogP contribution in [0, 0.1) is 6.08 Å². The van der Waals surface area contributed by atoms with E-state index in [1.807, 2.05) is 0 Å². The van der Waals surface area contributed by atoms with Gasteiger partial charge in [-0.2, -0.15) is 0 Å². The Hall–Kier alpha value is -1.72. The van der Waals surface area contributed by atoms with Crippen LogP contribution in [-0.4, -0.2) is 18.6 Å². The second kappa shape index (κ2) is 5.24. The first-order valence-electron chi connectivity index (χ1n) is 6.17. The lowest BCUT2D eigenvalue weighted by Gasteiger charge is -2.18. The number of halogens is 2. The average Bonchev–Trinajstić information content (AvgIpc) is 3.01. The van der Waals surface area contributed by atoms with Gasteiger partial charge in [-0.25, -0.2) is 4.39 Å². The minimum Gasteiger partial charge on any atom is -0.493 e. The van der Waals surface area contributed by atoms with Gasteiger partial charge < -0.3 is 4.74 Å². The molecular formula is C15H10ClFNO2S. The average molecular weight is 323 g/mol. The summed E-state index contributed by atoms with van der Waals surface area (Å²) in [6, 6.07) is 3.25. The van der Waals surface area contributed by atoms with Gasteiger partial charge >= 0.3 is 0 Å². The van der Waals surface area contributed by atoms with Gasteiger partial charge in [0.1, 0.15) is 5.83 Å². The summed E-state index contributed by atoms with van der Waals surface area (Å²) >= 11 is 7.01. The molecule has 2 aliphatic rings. The van der Waals surface area contributed by atoms with Gasteiger partial charge in [-0.15, -0.1) is 11.3 Å². The molecule has 6 heteroatoms. The minimum atomic E-state index is -0.498. The standard InChI is InChI=1S/C15H10ClFNO2S/c1-7-5-8-10(18-7)6-9(17)15(20-2)13(8)14(19)11-3-4-12(16)21-11/h3-4H,6H2,1-2H3. The summed E-state index contributed by atoms with van der Waals surface area (Å²) < 4.78 is 19.8. The van der Waals surface area contributed by atoms with Crippen LogP contribution in [0.5, 0.6) is 0 Å². The fraction of sp³-hybridized carbons (Fsp3) is 0.200. The number of carbonyl (C=O) groups is 1. The molecule has 1 aliphatic carbocycles. The third-order valence-corrected chi connectivity index (χ3v) is 4.40. The van der Waals surface area contributed by atoms with E-state index in [4.69, 9.17) is 16.3 Å². The smallest absolute Gasteiger partial charge is 0.207 e. The second-order valence-corrected chi connectivity index (χ2v) is 6.28. The van der Waals surface area contributed by atoms with Crippen molar-refractivity contribution in [1.29, 1.82) is 0 Å². The first-order valence-corrected chi connectivity index (χ1v) is 7.36. The zero-order valence-corrected chi connectivity index (χ0v) is 12.9. The van der Waals surface area contributed by atoms with Crippen molar-refractivity contribution in [2.75, 3.05) is 7.11 Å². The monoisotopic (exact) mass is 322 g/mol. The zero-order valence-electron chi connectivity index (χ0n) is 11.3. The Morgan fingerprint density at radius 1 is 1.52 bits per heavy atom. The Bertz CT molecular complexity index is 770. The first kappa shape index (κ1) is 14.2. The highest BCUT2D eigenvalue weighted by atomic mass is 35.5. The molecule has 3 nitrogen and oxygen atoms in total. The van der Waals surface area contributed by atoms with Gasteiger partial charge in [0.05, 0.1) is 27.6 Å². The SMILES string of the molecule is COC1=C(F)CC2=NC(C)=[C]C2=C1C(=O)c1ccc(Cl)s1. The molecule has 0 aromatic carbocycles. The molecule has 0 unspecified atom stereocenters. The molecule has 0 fully saturated rings. The van der Waals surface area contributed by atoms with E-state index in [2.05, 4.69) is 11.1 Å². The maximum absolute atomic E-state index is 14.2. The molecule has 107 valence electrons. The maximum Gasteiger partial charge on any atom is 0.207 e. The number of allylic oxidation sites excluding steroid dienone is 5.